The van der Waals surface area contributed by atoms with E-state index in [-0.39, 0.29) is 17.9 Å². The van der Waals surface area contributed by atoms with Crippen LogP contribution in [0.25, 0.3) is 5.57 Å². The summed E-state index contributed by atoms with van der Waals surface area (Å²) in [5.74, 6) is 1.26. The number of thioether (sulfide) groups is 1. The van der Waals surface area contributed by atoms with Gasteiger partial charge in [0.2, 0.25) is 0 Å². The van der Waals surface area contributed by atoms with Crippen LogP contribution in [0.5, 0.6) is 5.75 Å². The number of nitrogens with zero attached hydrogens (tertiary/aromatic N) is 1. The molecule has 6 heteroatoms. The lowest BCUT2D eigenvalue weighted by molar-refractivity contribution is -0.119. The Morgan fingerprint density at radius 1 is 0.969 bits per heavy atom. The molecule has 0 fully saturated rings. The summed E-state index contributed by atoms with van der Waals surface area (Å²) < 4.78 is 11.1. The van der Waals surface area contributed by atoms with Crippen LogP contribution in [0.15, 0.2) is 70.2 Å². The van der Waals surface area contributed by atoms with Gasteiger partial charge in [0, 0.05) is 0 Å². The molecule has 0 spiro atoms. The first kappa shape index (κ1) is 22.0. The number of imide groups is 1. The van der Waals surface area contributed by atoms with Crippen LogP contribution >= 0.6 is 11.8 Å². The minimum atomic E-state index is -0.322. The SMILES string of the molecule is Cc1ccc(C2=C(SCc3ccco3)C(=O)N(c3ccc(OC(C)C)cc3)C2=O)cc1C. The van der Waals surface area contributed by atoms with Crippen LogP contribution in [0.1, 0.15) is 36.3 Å². The largest absolute Gasteiger partial charge is 0.491 e. The molecule has 32 heavy (non-hydrogen) atoms. The van der Waals surface area contributed by atoms with Gasteiger partial charge in [-0.05, 0) is 80.8 Å². The average Bonchev–Trinajstić information content (AvgIpc) is 3.35. The standard InChI is InChI=1S/C26H25NO4S/c1-16(2)31-21-11-9-20(10-12-21)27-25(28)23(19-8-7-17(3)18(4)14-19)24(26(27)29)32-15-22-6-5-13-30-22/h5-14,16H,15H2,1-4H3. The minimum absolute atomic E-state index is 0.0403. The number of hydrogen-bond acceptors (Lipinski definition) is 5. The van der Waals surface area contributed by atoms with Gasteiger partial charge in [0.1, 0.15) is 11.5 Å². The van der Waals surface area contributed by atoms with E-state index in [4.69, 9.17) is 9.15 Å². The highest BCUT2D eigenvalue weighted by atomic mass is 32.2. The summed E-state index contributed by atoms with van der Waals surface area (Å²) in [6, 6.07) is 16.5. The molecule has 3 aromatic rings. The number of hydrogen-bond donors (Lipinski definition) is 0. The normalized spacial score (nSPS) is 14.1. The molecule has 0 radical (unpaired) electrons. The number of carbonyl (C=O) groups is 2. The first-order valence-electron chi connectivity index (χ1n) is 10.5. The van der Waals surface area contributed by atoms with Crippen LogP contribution in [0.2, 0.25) is 0 Å². The molecule has 2 amide bonds. The molecule has 0 saturated carbocycles. The summed E-state index contributed by atoms with van der Waals surface area (Å²) in [7, 11) is 0. The van der Waals surface area contributed by atoms with Gasteiger partial charge in [-0.3, -0.25) is 9.59 Å². The highest BCUT2D eigenvalue weighted by Crippen LogP contribution is 2.40. The second-order valence-electron chi connectivity index (χ2n) is 7.98. The quantitative estimate of drug-likeness (QED) is 0.422. The van der Waals surface area contributed by atoms with Gasteiger partial charge < -0.3 is 9.15 Å². The zero-order chi connectivity index (χ0) is 22.8. The highest BCUT2D eigenvalue weighted by molar-refractivity contribution is 8.03. The van der Waals surface area contributed by atoms with Crippen LogP contribution in [0.4, 0.5) is 5.69 Å². The van der Waals surface area contributed by atoms with Crippen molar-refractivity contribution in [2.45, 2.75) is 39.6 Å². The molecule has 164 valence electrons. The summed E-state index contributed by atoms with van der Waals surface area (Å²) in [6.45, 7) is 7.92. The summed E-state index contributed by atoms with van der Waals surface area (Å²) in [5, 5.41) is 0. The van der Waals surface area contributed by atoms with Crippen LogP contribution in [0.3, 0.4) is 0 Å². The van der Waals surface area contributed by atoms with E-state index in [0.29, 0.717) is 27.7 Å². The third kappa shape index (κ3) is 4.36. The van der Waals surface area contributed by atoms with E-state index in [1.165, 1.54) is 16.7 Å². The lowest BCUT2D eigenvalue weighted by Crippen LogP contribution is -2.31. The van der Waals surface area contributed by atoms with Crippen molar-refractivity contribution >= 4 is 34.8 Å². The second kappa shape index (κ2) is 9.09. The second-order valence-corrected chi connectivity index (χ2v) is 8.96. The van der Waals surface area contributed by atoms with Crippen molar-refractivity contribution in [2.24, 2.45) is 0 Å². The molecule has 1 aliphatic rings. The molecule has 0 N–H and O–H groups in total. The van der Waals surface area contributed by atoms with Crippen LogP contribution < -0.4 is 9.64 Å². The molecule has 2 aromatic carbocycles. The third-order valence-corrected chi connectivity index (χ3v) is 6.34. The number of aryl methyl sites for hydroxylation is 2. The maximum absolute atomic E-state index is 13.5. The number of amides is 2. The zero-order valence-corrected chi connectivity index (χ0v) is 19.4. The summed E-state index contributed by atoms with van der Waals surface area (Å²) >= 11 is 1.33. The van der Waals surface area contributed by atoms with Crippen LogP contribution in [-0.4, -0.2) is 17.9 Å². The number of furan rings is 1. The summed E-state index contributed by atoms with van der Waals surface area (Å²) in [5.41, 5.74) is 3.90. The number of rotatable bonds is 7. The fraction of sp³-hybridized carbons (Fsp3) is 0.231. The van der Waals surface area contributed by atoms with E-state index in [0.717, 1.165) is 22.5 Å². The average molecular weight is 448 g/mol. The van der Waals surface area contributed by atoms with E-state index in [1.807, 2.05) is 58.0 Å². The number of benzene rings is 2. The molecule has 0 saturated heterocycles. The van der Waals surface area contributed by atoms with Gasteiger partial charge in [0.25, 0.3) is 11.8 Å². The van der Waals surface area contributed by atoms with Crippen molar-refractivity contribution in [1.29, 1.82) is 0 Å². The van der Waals surface area contributed by atoms with Gasteiger partial charge in [-0.2, -0.15) is 0 Å². The fourth-order valence-corrected chi connectivity index (χ4v) is 4.53. The maximum atomic E-state index is 13.5. The van der Waals surface area contributed by atoms with E-state index in [1.54, 1.807) is 30.5 Å². The molecule has 0 unspecified atom stereocenters. The minimum Gasteiger partial charge on any atom is -0.491 e. The van der Waals surface area contributed by atoms with Crippen molar-refractivity contribution in [1.82, 2.24) is 0 Å². The Morgan fingerprint density at radius 3 is 2.34 bits per heavy atom. The molecule has 5 nitrogen and oxygen atoms in total. The topological polar surface area (TPSA) is 59.8 Å². The van der Waals surface area contributed by atoms with Crippen molar-refractivity contribution in [2.75, 3.05) is 4.90 Å². The van der Waals surface area contributed by atoms with Gasteiger partial charge in [-0.25, -0.2) is 4.90 Å². The van der Waals surface area contributed by atoms with Crippen LogP contribution in [-0.2, 0) is 15.3 Å². The van der Waals surface area contributed by atoms with E-state index >= 15 is 0 Å². The summed E-state index contributed by atoms with van der Waals surface area (Å²) in [4.78, 5) is 28.6. The Morgan fingerprint density at radius 2 is 1.72 bits per heavy atom. The Balaban J connectivity index is 1.71. The van der Waals surface area contributed by atoms with Gasteiger partial charge in [0.15, 0.2) is 0 Å². The Hall–Kier alpha value is -3.25. The van der Waals surface area contributed by atoms with Crippen molar-refractivity contribution in [3.05, 3.63) is 88.2 Å². The van der Waals surface area contributed by atoms with Crippen molar-refractivity contribution in [3.8, 4) is 5.75 Å². The molecular formula is C26H25NO4S. The van der Waals surface area contributed by atoms with E-state index < -0.39 is 0 Å². The Kier molecular flexibility index (Phi) is 6.24. The van der Waals surface area contributed by atoms with Crippen LogP contribution in [0, 0.1) is 13.8 Å². The molecule has 2 heterocycles. The molecule has 0 aliphatic carbocycles. The molecule has 1 aliphatic heterocycles. The lowest BCUT2D eigenvalue weighted by Gasteiger charge is -2.16. The number of ether oxygens (including phenoxy) is 1. The molecule has 0 atom stereocenters. The monoisotopic (exact) mass is 447 g/mol. The summed E-state index contributed by atoms with van der Waals surface area (Å²) in [6.07, 6.45) is 1.64. The number of anilines is 1. The Bertz CT molecular complexity index is 1180. The highest BCUT2D eigenvalue weighted by Gasteiger charge is 2.40. The van der Waals surface area contributed by atoms with E-state index in [2.05, 4.69) is 0 Å². The smallest absolute Gasteiger partial charge is 0.272 e. The third-order valence-electron chi connectivity index (χ3n) is 5.24. The van der Waals surface area contributed by atoms with Crippen molar-refractivity contribution < 1.29 is 18.7 Å². The van der Waals surface area contributed by atoms with Gasteiger partial charge in [-0.15, -0.1) is 11.8 Å². The molecular weight excluding hydrogens is 422 g/mol. The predicted octanol–water partition coefficient (Wildman–Crippen LogP) is 5.90. The predicted molar refractivity (Wildman–Crippen MR) is 128 cm³/mol. The van der Waals surface area contributed by atoms with Gasteiger partial charge >= 0.3 is 0 Å². The number of carbonyl (C=O) groups excluding carboxylic acids is 2. The Labute approximate surface area is 192 Å². The maximum Gasteiger partial charge on any atom is 0.272 e. The zero-order valence-electron chi connectivity index (χ0n) is 18.5. The van der Waals surface area contributed by atoms with E-state index in [9.17, 15) is 9.59 Å². The first-order valence-corrected chi connectivity index (χ1v) is 11.5. The van der Waals surface area contributed by atoms with Gasteiger partial charge in [-0.1, -0.05) is 18.2 Å². The fourth-order valence-electron chi connectivity index (χ4n) is 3.51. The van der Waals surface area contributed by atoms with Gasteiger partial charge in [0.05, 0.1) is 34.3 Å². The molecule has 4 rings (SSSR count). The first-order chi connectivity index (χ1) is 15.3. The van der Waals surface area contributed by atoms with Crippen molar-refractivity contribution in [3.63, 3.8) is 0 Å². The lowest BCUT2D eigenvalue weighted by atomic mass is 10.0. The molecule has 1 aromatic heterocycles. The molecule has 0 bridgehead atoms.